The number of hydrogen-bond donors (Lipinski definition) is 1. The lowest BCUT2D eigenvalue weighted by Gasteiger charge is -2.47. The number of likely N-dealkylation sites (tertiary alicyclic amines) is 2. The first-order valence-electron chi connectivity index (χ1n) is 7.92. The lowest BCUT2D eigenvalue weighted by molar-refractivity contribution is 0.0168. The van der Waals surface area contributed by atoms with Gasteiger partial charge in [-0.05, 0) is 56.4 Å². The van der Waals surface area contributed by atoms with Crippen LogP contribution in [0.25, 0.3) is 0 Å². The number of carbonyl (C=O) groups is 1. The summed E-state index contributed by atoms with van der Waals surface area (Å²) in [5.74, 6) is 1.40. The summed E-state index contributed by atoms with van der Waals surface area (Å²) in [7, 11) is 0. The van der Waals surface area contributed by atoms with Gasteiger partial charge in [0.15, 0.2) is 0 Å². The second kappa shape index (κ2) is 5.68. The summed E-state index contributed by atoms with van der Waals surface area (Å²) in [5.41, 5.74) is 7.15. The van der Waals surface area contributed by atoms with Crippen LogP contribution in [0.15, 0.2) is 24.3 Å². The van der Waals surface area contributed by atoms with Gasteiger partial charge in [-0.25, -0.2) is 0 Å². The highest BCUT2D eigenvalue weighted by molar-refractivity contribution is 5.94. The summed E-state index contributed by atoms with van der Waals surface area (Å²) in [6, 6.07) is 7.89. The highest BCUT2D eigenvalue weighted by Gasteiger charge is 2.36. The number of nitrogens with zero attached hydrogens (tertiary/aromatic N) is 2. The molecule has 0 radical (unpaired) electrons. The average Bonchev–Trinajstić information content (AvgIpc) is 2.46. The molecule has 2 saturated heterocycles. The molecule has 0 aromatic heterocycles. The maximum absolute atomic E-state index is 12.6. The predicted molar refractivity (Wildman–Crippen MR) is 85.1 cm³/mol. The maximum atomic E-state index is 12.6. The monoisotopic (exact) mass is 287 g/mol. The van der Waals surface area contributed by atoms with Gasteiger partial charge in [0.05, 0.1) is 0 Å². The first-order valence-corrected chi connectivity index (χ1v) is 7.92. The Labute approximate surface area is 126 Å². The Kier molecular flexibility index (Phi) is 3.89. The number of carbonyl (C=O) groups excluding carboxylic acids is 1. The Bertz CT molecular complexity index is 497. The number of benzene rings is 1. The van der Waals surface area contributed by atoms with Crippen LogP contribution in [0, 0.1) is 11.8 Å². The minimum atomic E-state index is 0.155. The zero-order valence-electron chi connectivity index (χ0n) is 13.0. The molecule has 2 fully saturated rings. The summed E-state index contributed by atoms with van der Waals surface area (Å²) in [4.78, 5) is 17.2. The van der Waals surface area contributed by atoms with Crippen LogP contribution in [0.1, 0.15) is 30.6 Å². The molecule has 3 rings (SSSR count). The van der Waals surface area contributed by atoms with Gasteiger partial charge in [0.1, 0.15) is 0 Å². The topological polar surface area (TPSA) is 49.6 Å². The van der Waals surface area contributed by atoms with Gasteiger partial charge in [0, 0.05) is 43.5 Å². The molecule has 2 atom stereocenters. The lowest BCUT2D eigenvalue weighted by Crippen LogP contribution is -2.55. The molecule has 0 aliphatic carbocycles. The van der Waals surface area contributed by atoms with Gasteiger partial charge >= 0.3 is 0 Å². The van der Waals surface area contributed by atoms with E-state index in [1.54, 1.807) is 12.1 Å². The van der Waals surface area contributed by atoms with Crippen molar-refractivity contribution >= 4 is 11.6 Å². The highest BCUT2D eigenvalue weighted by atomic mass is 16.2. The first-order chi connectivity index (χ1) is 10.0. The van der Waals surface area contributed by atoms with Crippen molar-refractivity contribution in [1.82, 2.24) is 9.80 Å². The number of nitrogen functional groups attached to an aromatic ring is 1. The Hall–Kier alpha value is -1.55. The molecular formula is C17H25N3O. The van der Waals surface area contributed by atoms with E-state index < -0.39 is 0 Å². The van der Waals surface area contributed by atoms with Crippen LogP contribution in [0.2, 0.25) is 0 Å². The van der Waals surface area contributed by atoms with Crippen molar-refractivity contribution in [3.63, 3.8) is 0 Å². The third-order valence-corrected chi connectivity index (χ3v) is 4.78. The van der Waals surface area contributed by atoms with Crippen LogP contribution in [0.5, 0.6) is 0 Å². The summed E-state index contributed by atoms with van der Waals surface area (Å²) >= 11 is 0. The number of fused-ring (bicyclic) bond motifs is 2. The van der Waals surface area contributed by atoms with Crippen LogP contribution in [0.4, 0.5) is 5.69 Å². The molecular weight excluding hydrogens is 262 g/mol. The van der Waals surface area contributed by atoms with Gasteiger partial charge in [-0.15, -0.1) is 0 Å². The fourth-order valence-electron chi connectivity index (χ4n) is 3.72. The summed E-state index contributed by atoms with van der Waals surface area (Å²) in [6.07, 6.45) is 1.27. The van der Waals surface area contributed by atoms with E-state index in [2.05, 4.69) is 18.7 Å². The van der Waals surface area contributed by atoms with E-state index in [-0.39, 0.29) is 5.91 Å². The van der Waals surface area contributed by atoms with Crippen LogP contribution in [0.3, 0.4) is 0 Å². The van der Waals surface area contributed by atoms with Gasteiger partial charge in [-0.1, -0.05) is 0 Å². The Morgan fingerprint density at radius 2 is 1.67 bits per heavy atom. The van der Waals surface area contributed by atoms with E-state index in [1.165, 1.54) is 6.42 Å². The molecule has 2 bridgehead atoms. The van der Waals surface area contributed by atoms with E-state index in [0.29, 0.717) is 23.6 Å². The molecule has 2 heterocycles. The third-order valence-electron chi connectivity index (χ3n) is 4.78. The number of anilines is 1. The van der Waals surface area contributed by atoms with Crippen molar-refractivity contribution < 1.29 is 4.79 Å². The summed E-state index contributed by atoms with van der Waals surface area (Å²) < 4.78 is 0. The van der Waals surface area contributed by atoms with Crippen molar-refractivity contribution in [3.8, 4) is 0 Å². The molecule has 21 heavy (non-hydrogen) atoms. The summed E-state index contributed by atoms with van der Waals surface area (Å²) in [5, 5.41) is 0. The molecule has 1 amide bonds. The van der Waals surface area contributed by atoms with E-state index in [1.807, 2.05) is 17.0 Å². The Morgan fingerprint density at radius 1 is 1.10 bits per heavy atom. The molecule has 1 aromatic carbocycles. The van der Waals surface area contributed by atoms with Crippen LogP contribution in [-0.2, 0) is 0 Å². The molecule has 4 nitrogen and oxygen atoms in total. The average molecular weight is 287 g/mol. The van der Waals surface area contributed by atoms with Crippen molar-refractivity contribution in [1.29, 1.82) is 0 Å². The normalized spacial score (nSPS) is 26.1. The zero-order chi connectivity index (χ0) is 15.0. The van der Waals surface area contributed by atoms with Crippen molar-refractivity contribution in [2.75, 3.05) is 31.9 Å². The Balaban J connectivity index is 1.69. The van der Waals surface area contributed by atoms with Crippen molar-refractivity contribution in [2.24, 2.45) is 11.8 Å². The van der Waals surface area contributed by atoms with Crippen molar-refractivity contribution in [2.45, 2.75) is 26.3 Å². The molecule has 2 aliphatic rings. The molecule has 0 unspecified atom stereocenters. The van der Waals surface area contributed by atoms with E-state index in [9.17, 15) is 4.79 Å². The number of rotatable bonds is 2. The largest absolute Gasteiger partial charge is 0.399 e. The van der Waals surface area contributed by atoms with Gasteiger partial charge in [0.2, 0.25) is 0 Å². The van der Waals surface area contributed by atoms with E-state index in [0.717, 1.165) is 31.7 Å². The highest BCUT2D eigenvalue weighted by Crippen LogP contribution is 2.30. The van der Waals surface area contributed by atoms with Crippen LogP contribution >= 0.6 is 0 Å². The lowest BCUT2D eigenvalue weighted by atomic mass is 9.84. The summed E-state index contributed by atoms with van der Waals surface area (Å²) in [6.45, 7) is 8.56. The molecule has 2 N–H and O–H groups in total. The van der Waals surface area contributed by atoms with Crippen molar-refractivity contribution in [3.05, 3.63) is 29.8 Å². The minimum Gasteiger partial charge on any atom is -0.399 e. The fraction of sp³-hybridized carbons (Fsp3) is 0.588. The minimum absolute atomic E-state index is 0.155. The van der Waals surface area contributed by atoms with Gasteiger partial charge < -0.3 is 15.5 Å². The van der Waals surface area contributed by atoms with E-state index >= 15 is 0 Å². The van der Waals surface area contributed by atoms with Gasteiger partial charge in [-0.3, -0.25) is 4.79 Å². The van der Waals surface area contributed by atoms with Crippen LogP contribution < -0.4 is 5.73 Å². The standard InChI is InChI=1S/C17H25N3O/c1-12(2)19-8-13-7-14(9-19)11-20(10-13)17(21)15-3-5-16(18)6-4-15/h3-6,12-14H,7-11,18H2,1-2H3/t13-,14-/m1/s1. The number of nitrogens with two attached hydrogens (primary N) is 1. The Morgan fingerprint density at radius 3 is 2.19 bits per heavy atom. The predicted octanol–water partition coefficient (Wildman–Crippen LogP) is 2.07. The molecule has 114 valence electrons. The molecule has 2 aliphatic heterocycles. The number of amides is 1. The molecule has 0 spiro atoms. The van der Waals surface area contributed by atoms with E-state index in [4.69, 9.17) is 5.73 Å². The molecule has 4 heteroatoms. The SMILES string of the molecule is CC(C)N1C[C@H]2C[C@@H](CN(C(=O)c3ccc(N)cc3)C2)C1. The maximum Gasteiger partial charge on any atom is 0.253 e. The first kappa shape index (κ1) is 14.4. The second-order valence-electron chi connectivity index (χ2n) is 6.85. The molecule has 1 aromatic rings. The van der Waals surface area contributed by atoms with Gasteiger partial charge in [0.25, 0.3) is 5.91 Å². The quantitative estimate of drug-likeness (QED) is 0.847. The van der Waals surface area contributed by atoms with Crippen LogP contribution in [-0.4, -0.2) is 47.9 Å². The third kappa shape index (κ3) is 3.05. The van der Waals surface area contributed by atoms with Gasteiger partial charge in [-0.2, -0.15) is 0 Å². The smallest absolute Gasteiger partial charge is 0.253 e. The fourth-order valence-corrected chi connectivity index (χ4v) is 3.72. The second-order valence-corrected chi connectivity index (χ2v) is 6.85. The molecule has 0 saturated carbocycles. The number of piperidine rings is 2. The number of hydrogen-bond acceptors (Lipinski definition) is 3. The zero-order valence-corrected chi connectivity index (χ0v) is 13.0.